The molecular formula is C13H19N. The van der Waals surface area contributed by atoms with Gasteiger partial charge >= 0.3 is 0 Å². The van der Waals surface area contributed by atoms with Crippen molar-refractivity contribution in [3.05, 3.63) is 40.8 Å². The van der Waals surface area contributed by atoms with Crippen LogP contribution in [0.5, 0.6) is 0 Å². The minimum absolute atomic E-state index is 1.08. The lowest BCUT2D eigenvalue weighted by Crippen LogP contribution is -2.21. The Hall–Kier alpha value is -1.20. The number of hydrogen-bond acceptors (Lipinski definition) is 1. The van der Waals surface area contributed by atoms with Crippen LogP contribution in [0.1, 0.15) is 33.6 Å². The van der Waals surface area contributed by atoms with Gasteiger partial charge in [0, 0.05) is 17.8 Å². The molecule has 1 aliphatic heterocycles. The zero-order chi connectivity index (χ0) is 10.4. The van der Waals surface area contributed by atoms with Crippen molar-refractivity contribution < 1.29 is 0 Å². The first kappa shape index (κ1) is 10.9. The Kier molecular flexibility index (Phi) is 4.28. The van der Waals surface area contributed by atoms with Gasteiger partial charge in [-0.1, -0.05) is 12.2 Å². The minimum Gasteiger partial charge on any atom is -0.384 e. The van der Waals surface area contributed by atoms with Crippen LogP contribution in [-0.2, 0) is 0 Å². The summed E-state index contributed by atoms with van der Waals surface area (Å²) in [5.74, 6) is 0. The summed E-state index contributed by atoms with van der Waals surface area (Å²) in [6, 6.07) is 0. The fourth-order valence-corrected chi connectivity index (χ4v) is 1.51. The maximum atomic E-state index is 3.41. The summed E-state index contributed by atoms with van der Waals surface area (Å²) in [4.78, 5) is 0. The van der Waals surface area contributed by atoms with Gasteiger partial charge in [-0.2, -0.15) is 0 Å². The van der Waals surface area contributed by atoms with Crippen molar-refractivity contribution in [3.63, 3.8) is 0 Å². The SMILES string of the molecule is C/C=C\C=C1\NCCCC1=C=C(C)C. The van der Waals surface area contributed by atoms with Gasteiger partial charge in [0.1, 0.15) is 0 Å². The fourth-order valence-electron chi connectivity index (χ4n) is 1.51. The molecule has 1 fully saturated rings. The minimum atomic E-state index is 1.08. The Bertz CT molecular complexity index is 308. The number of hydrogen-bond donors (Lipinski definition) is 1. The van der Waals surface area contributed by atoms with Crippen LogP contribution >= 0.6 is 0 Å². The number of piperidine rings is 1. The molecule has 0 unspecified atom stereocenters. The molecule has 1 heteroatoms. The van der Waals surface area contributed by atoms with Gasteiger partial charge in [-0.05, 0) is 45.3 Å². The Morgan fingerprint density at radius 3 is 2.86 bits per heavy atom. The summed E-state index contributed by atoms with van der Waals surface area (Å²) in [6.07, 6.45) is 8.60. The molecule has 0 atom stereocenters. The monoisotopic (exact) mass is 189 g/mol. The van der Waals surface area contributed by atoms with E-state index in [4.69, 9.17) is 0 Å². The largest absolute Gasteiger partial charge is 0.384 e. The highest BCUT2D eigenvalue weighted by Crippen LogP contribution is 2.17. The molecule has 1 N–H and O–H groups in total. The van der Waals surface area contributed by atoms with Gasteiger partial charge in [-0.15, -0.1) is 5.73 Å². The van der Waals surface area contributed by atoms with E-state index in [1.807, 2.05) is 13.0 Å². The average Bonchev–Trinajstić information content (AvgIpc) is 2.16. The normalized spacial score (nSPS) is 19.6. The van der Waals surface area contributed by atoms with Gasteiger partial charge < -0.3 is 5.32 Å². The fraction of sp³-hybridized carbons (Fsp3) is 0.462. The molecule has 1 rings (SSSR count). The number of nitrogens with one attached hydrogen (secondary N) is 1. The van der Waals surface area contributed by atoms with Crippen LogP contribution < -0.4 is 5.32 Å². The van der Waals surface area contributed by atoms with Crippen LogP contribution in [0.2, 0.25) is 0 Å². The highest BCUT2D eigenvalue weighted by atomic mass is 14.9. The predicted octanol–water partition coefficient (Wildman–Crippen LogP) is 3.32. The molecule has 1 saturated heterocycles. The van der Waals surface area contributed by atoms with Crippen molar-refractivity contribution >= 4 is 0 Å². The van der Waals surface area contributed by atoms with Crippen molar-refractivity contribution in [2.75, 3.05) is 6.54 Å². The van der Waals surface area contributed by atoms with E-state index in [-0.39, 0.29) is 0 Å². The van der Waals surface area contributed by atoms with Gasteiger partial charge in [0.15, 0.2) is 0 Å². The molecule has 0 radical (unpaired) electrons. The van der Waals surface area contributed by atoms with E-state index in [0.717, 1.165) is 13.0 Å². The van der Waals surface area contributed by atoms with E-state index in [9.17, 15) is 0 Å². The quantitative estimate of drug-likeness (QED) is 0.624. The lowest BCUT2D eigenvalue weighted by atomic mass is 10.0. The van der Waals surface area contributed by atoms with Gasteiger partial charge in [0.2, 0.25) is 0 Å². The van der Waals surface area contributed by atoms with E-state index < -0.39 is 0 Å². The Morgan fingerprint density at radius 2 is 2.21 bits per heavy atom. The summed E-state index contributed by atoms with van der Waals surface area (Å²) < 4.78 is 0. The summed E-state index contributed by atoms with van der Waals surface area (Å²) in [6.45, 7) is 7.30. The Morgan fingerprint density at radius 1 is 1.43 bits per heavy atom. The van der Waals surface area contributed by atoms with Crippen LogP contribution in [-0.4, -0.2) is 6.54 Å². The molecule has 76 valence electrons. The molecule has 1 aliphatic rings. The smallest absolute Gasteiger partial charge is 0.0451 e. The third kappa shape index (κ3) is 3.27. The van der Waals surface area contributed by atoms with Gasteiger partial charge in [-0.3, -0.25) is 0 Å². The summed E-state index contributed by atoms with van der Waals surface area (Å²) in [5.41, 5.74) is 7.20. The van der Waals surface area contributed by atoms with Crippen LogP contribution in [0.15, 0.2) is 40.8 Å². The molecule has 1 nitrogen and oxygen atoms in total. The van der Waals surface area contributed by atoms with E-state index in [1.54, 1.807) is 0 Å². The molecule has 0 aromatic rings. The van der Waals surface area contributed by atoms with Crippen LogP contribution in [0, 0.1) is 0 Å². The van der Waals surface area contributed by atoms with Crippen molar-refractivity contribution in [2.45, 2.75) is 33.6 Å². The molecule has 0 saturated carbocycles. The second kappa shape index (κ2) is 5.51. The van der Waals surface area contributed by atoms with E-state index in [2.05, 4.69) is 37.0 Å². The van der Waals surface area contributed by atoms with Crippen molar-refractivity contribution in [2.24, 2.45) is 0 Å². The maximum Gasteiger partial charge on any atom is 0.0451 e. The molecule has 0 aromatic heterocycles. The van der Waals surface area contributed by atoms with Crippen molar-refractivity contribution in [3.8, 4) is 0 Å². The first-order valence-electron chi connectivity index (χ1n) is 5.24. The Balaban J connectivity index is 2.96. The Labute approximate surface area is 86.9 Å². The molecule has 0 spiro atoms. The van der Waals surface area contributed by atoms with Gasteiger partial charge in [0.05, 0.1) is 0 Å². The first-order chi connectivity index (χ1) is 6.74. The highest BCUT2D eigenvalue weighted by molar-refractivity contribution is 5.34. The summed E-state index contributed by atoms with van der Waals surface area (Å²) in [7, 11) is 0. The molecule has 0 aromatic carbocycles. The van der Waals surface area contributed by atoms with E-state index >= 15 is 0 Å². The summed E-state index contributed by atoms with van der Waals surface area (Å²) >= 11 is 0. The first-order valence-corrected chi connectivity index (χ1v) is 5.24. The second-order valence-corrected chi connectivity index (χ2v) is 3.74. The molecule has 0 amide bonds. The molecule has 0 aliphatic carbocycles. The highest BCUT2D eigenvalue weighted by Gasteiger charge is 2.08. The van der Waals surface area contributed by atoms with Crippen LogP contribution in [0.3, 0.4) is 0 Å². The third-order valence-corrected chi connectivity index (χ3v) is 2.10. The lowest BCUT2D eigenvalue weighted by molar-refractivity contribution is 0.669. The number of allylic oxidation sites excluding steroid dienone is 4. The van der Waals surface area contributed by atoms with Crippen molar-refractivity contribution in [1.29, 1.82) is 0 Å². The lowest BCUT2D eigenvalue weighted by Gasteiger charge is -2.18. The molecular weight excluding hydrogens is 170 g/mol. The van der Waals surface area contributed by atoms with Crippen LogP contribution in [0.25, 0.3) is 0 Å². The van der Waals surface area contributed by atoms with Crippen LogP contribution in [0.4, 0.5) is 0 Å². The topological polar surface area (TPSA) is 12.0 Å². The summed E-state index contributed by atoms with van der Waals surface area (Å²) in [5, 5.41) is 3.41. The van der Waals surface area contributed by atoms with E-state index in [1.165, 1.54) is 23.3 Å². The standard InChI is InChI=1S/C13H19N/c1-4-5-8-13-12(10-11(2)3)7-6-9-14-13/h4-5,8,14H,6-7,9H2,1-3H3/b5-4-,13-8+. The molecule has 1 heterocycles. The third-order valence-electron chi connectivity index (χ3n) is 2.10. The molecule has 14 heavy (non-hydrogen) atoms. The van der Waals surface area contributed by atoms with E-state index in [0.29, 0.717) is 0 Å². The van der Waals surface area contributed by atoms with Gasteiger partial charge in [0.25, 0.3) is 0 Å². The average molecular weight is 189 g/mol. The second-order valence-electron chi connectivity index (χ2n) is 3.74. The maximum absolute atomic E-state index is 3.41. The number of rotatable bonds is 1. The predicted molar refractivity (Wildman–Crippen MR) is 62.0 cm³/mol. The zero-order valence-electron chi connectivity index (χ0n) is 9.35. The zero-order valence-corrected chi connectivity index (χ0v) is 9.35. The van der Waals surface area contributed by atoms with Crippen molar-refractivity contribution in [1.82, 2.24) is 5.32 Å². The molecule has 0 bridgehead atoms. The van der Waals surface area contributed by atoms with Gasteiger partial charge in [-0.25, -0.2) is 0 Å².